The molecule has 0 spiro atoms. The van der Waals surface area contributed by atoms with E-state index in [9.17, 15) is 4.79 Å². The lowest BCUT2D eigenvalue weighted by Crippen LogP contribution is -2.06. The van der Waals surface area contributed by atoms with Gasteiger partial charge < -0.3 is 14.9 Å². The lowest BCUT2D eigenvalue weighted by molar-refractivity contribution is 0.0601. The summed E-state index contributed by atoms with van der Waals surface area (Å²) >= 11 is 3.26. The molecule has 2 rings (SSSR count). The maximum Gasteiger partial charge on any atom is 0.341 e. The lowest BCUT2D eigenvalue weighted by Gasteiger charge is -2.03. The van der Waals surface area contributed by atoms with Crippen molar-refractivity contribution < 1.29 is 13.9 Å². The Kier molecular flexibility index (Phi) is 2.36. The molecule has 0 saturated carbocycles. The molecule has 0 unspecified atom stereocenters. The number of hydrogen-bond donors (Lipinski definition) is 1. The number of rotatable bonds is 1. The van der Waals surface area contributed by atoms with Crippen molar-refractivity contribution in [3.63, 3.8) is 0 Å². The molecule has 0 aliphatic rings. The van der Waals surface area contributed by atoms with Crippen LogP contribution in [0.25, 0.3) is 11.1 Å². The average Bonchev–Trinajstić information content (AvgIpc) is 2.61. The molecule has 2 aromatic heterocycles. The summed E-state index contributed by atoms with van der Waals surface area (Å²) < 4.78 is 10.3. The molecule has 0 atom stereocenters. The van der Waals surface area contributed by atoms with Gasteiger partial charge in [-0.2, -0.15) is 0 Å². The van der Waals surface area contributed by atoms with E-state index in [1.165, 1.54) is 19.6 Å². The Labute approximate surface area is 93.3 Å². The second-order valence-corrected chi connectivity index (χ2v) is 3.70. The minimum atomic E-state index is -0.519. The number of ether oxygens (including phenoxy) is 1. The Balaban J connectivity index is 2.74. The van der Waals surface area contributed by atoms with Gasteiger partial charge in [-0.1, -0.05) is 0 Å². The third-order valence-electron chi connectivity index (χ3n) is 2.00. The number of esters is 1. The van der Waals surface area contributed by atoms with Crippen molar-refractivity contribution in [3.05, 3.63) is 22.5 Å². The number of methoxy groups -OCH3 is 1. The highest BCUT2D eigenvalue weighted by Gasteiger charge is 2.17. The van der Waals surface area contributed by atoms with E-state index >= 15 is 0 Å². The molecule has 0 radical (unpaired) electrons. The van der Waals surface area contributed by atoms with Crippen molar-refractivity contribution in [2.45, 2.75) is 0 Å². The van der Waals surface area contributed by atoms with Gasteiger partial charge in [0, 0.05) is 6.20 Å². The van der Waals surface area contributed by atoms with Crippen LogP contribution in [-0.2, 0) is 4.74 Å². The van der Waals surface area contributed by atoms with Crippen LogP contribution in [0.4, 0.5) is 5.69 Å². The molecule has 2 N–H and O–H groups in total. The number of halogens is 1. The second-order valence-electron chi connectivity index (χ2n) is 2.84. The highest BCUT2D eigenvalue weighted by molar-refractivity contribution is 9.10. The van der Waals surface area contributed by atoms with Crippen LogP contribution in [0.1, 0.15) is 10.4 Å². The number of furan rings is 1. The minimum Gasteiger partial charge on any atom is -0.465 e. The highest BCUT2D eigenvalue weighted by atomic mass is 79.9. The molecular formula is C9H7BrN2O3. The van der Waals surface area contributed by atoms with Gasteiger partial charge in [0.15, 0.2) is 0 Å². The summed E-state index contributed by atoms with van der Waals surface area (Å²) in [5.74, 6) is -0.519. The minimum absolute atomic E-state index is 0.229. The van der Waals surface area contributed by atoms with Gasteiger partial charge >= 0.3 is 5.97 Å². The van der Waals surface area contributed by atoms with E-state index in [4.69, 9.17) is 10.2 Å². The van der Waals surface area contributed by atoms with E-state index in [-0.39, 0.29) is 5.56 Å². The number of nitrogen functional groups attached to an aromatic ring is 1. The normalized spacial score (nSPS) is 10.5. The number of nitrogens with two attached hydrogens (primary N) is 1. The zero-order valence-electron chi connectivity index (χ0n) is 7.78. The van der Waals surface area contributed by atoms with Crippen LogP contribution in [0.15, 0.2) is 21.3 Å². The number of carbonyl (C=O) groups excluding carboxylic acids is 1. The first kappa shape index (κ1) is 9.97. The van der Waals surface area contributed by atoms with Crippen molar-refractivity contribution in [2.75, 3.05) is 12.8 Å². The van der Waals surface area contributed by atoms with Crippen LogP contribution < -0.4 is 5.73 Å². The van der Waals surface area contributed by atoms with Gasteiger partial charge in [-0.15, -0.1) is 0 Å². The third-order valence-corrected chi connectivity index (χ3v) is 2.59. The van der Waals surface area contributed by atoms with Gasteiger partial charge in [-0.3, -0.25) is 0 Å². The SMILES string of the molecule is COC(=O)c1cnc2occ(Br)c2c1N. The fraction of sp³-hybridized carbons (Fsp3) is 0.111. The van der Waals surface area contributed by atoms with E-state index < -0.39 is 5.97 Å². The number of carbonyl (C=O) groups is 1. The predicted octanol–water partition coefficient (Wildman–Crippen LogP) is 1.96. The van der Waals surface area contributed by atoms with Crippen molar-refractivity contribution >= 4 is 38.7 Å². The van der Waals surface area contributed by atoms with Crippen molar-refractivity contribution in [1.82, 2.24) is 4.98 Å². The summed E-state index contributed by atoms with van der Waals surface area (Å²) in [4.78, 5) is 15.3. The van der Waals surface area contributed by atoms with Gasteiger partial charge in [-0.25, -0.2) is 9.78 Å². The van der Waals surface area contributed by atoms with Crippen LogP contribution in [-0.4, -0.2) is 18.1 Å². The van der Waals surface area contributed by atoms with Crippen LogP contribution in [0.3, 0.4) is 0 Å². The summed E-state index contributed by atoms with van der Waals surface area (Å²) in [6.07, 6.45) is 2.80. The molecule has 0 fully saturated rings. The molecule has 15 heavy (non-hydrogen) atoms. The fourth-order valence-corrected chi connectivity index (χ4v) is 1.74. The van der Waals surface area contributed by atoms with Gasteiger partial charge in [0.2, 0.25) is 5.71 Å². The van der Waals surface area contributed by atoms with E-state index in [0.29, 0.717) is 21.3 Å². The van der Waals surface area contributed by atoms with Crippen LogP contribution in [0.2, 0.25) is 0 Å². The Bertz CT molecular complexity index is 535. The van der Waals surface area contributed by atoms with E-state index in [1.807, 2.05) is 0 Å². The molecule has 0 aromatic carbocycles. The molecule has 0 bridgehead atoms. The lowest BCUT2D eigenvalue weighted by atomic mass is 10.2. The molecule has 78 valence electrons. The molecule has 2 aromatic rings. The van der Waals surface area contributed by atoms with Crippen molar-refractivity contribution in [2.24, 2.45) is 0 Å². The number of pyridine rings is 1. The van der Waals surface area contributed by atoms with Gasteiger partial charge in [0.05, 0.1) is 22.7 Å². The number of hydrogen-bond acceptors (Lipinski definition) is 5. The maximum atomic E-state index is 11.3. The predicted molar refractivity (Wildman–Crippen MR) is 57.5 cm³/mol. The summed E-state index contributed by atoms with van der Waals surface area (Å²) in [6.45, 7) is 0. The quantitative estimate of drug-likeness (QED) is 0.802. The van der Waals surface area contributed by atoms with Crippen LogP contribution >= 0.6 is 15.9 Å². The van der Waals surface area contributed by atoms with E-state index in [2.05, 4.69) is 25.7 Å². The number of aromatic nitrogens is 1. The maximum absolute atomic E-state index is 11.3. The smallest absolute Gasteiger partial charge is 0.341 e. The zero-order chi connectivity index (χ0) is 11.0. The molecule has 5 nitrogen and oxygen atoms in total. The summed E-state index contributed by atoms with van der Waals surface area (Å²) in [5, 5.41) is 0.581. The molecule has 2 heterocycles. The Hall–Kier alpha value is -1.56. The van der Waals surface area contributed by atoms with E-state index in [0.717, 1.165) is 0 Å². The van der Waals surface area contributed by atoms with Crippen molar-refractivity contribution in [1.29, 1.82) is 0 Å². The molecule has 6 heteroatoms. The van der Waals surface area contributed by atoms with Crippen LogP contribution in [0, 0.1) is 0 Å². The highest BCUT2D eigenvalue weighted by Crippen LogP contribution is 2.31. The van der Waals surface area contributed by atoms with Crippen LogP contribution in [0.5, 0.6) is 0 Å². The Morgan fingerprint density at radius 1 is 1.67 bits per heavy atom. The van der Waals surface area contributed by atoms with E-state index in [1.54, 1.807) is 0 Å². The summed E-state index contributed by atoms with van der Waals surface area (Å²) in [5.41, 5.74) is 6.72. The number of fused-ring (bicyclic) bond motifs is 1. The monoisotopic (exact) mass is 270 g/mol. The molecule has 0 saturated heterocycles. The van der Waals surface area contributed by atoms with Gasteiger partial charge in [0.1, 0.15) is 11.8 Å². The first-order valence-electron chi connectivity index (χ1n) is 4.04. The third kappa shape index (κ3) is 1.46. The molecule has 0 aliphatic carbocycles. The zero-order valence-corrected chi connectivity index (χ0v) is 9.37. The Morgan fingerprint density at radius 3 is 3.07 bits per heavy atom. The fourth-order valence-electron chi connectivity index (χ4n) is 1.27. The first-order chi connectivity index (χ1) is 7.15. The topological polar surface area (TPSA) is 78.3 Å². The molecule has 0 aliphatic heterocycles. The van der Waals surface area contributed by atoms with Gasteiger partial charge in [0.25, 0.3) is 0 Å². The second kappa shape index (κ2) is 3.54. The standard InChI is InChI=1S/C9H7BrN2O3/c1-14-9(13)4-2-12-8-6(7(4)11)5(10)3-15-8/h2-3H,1H3,(H2,11,12). The largest absolute Gasteiger partial charge is 0.465 e. The molecule has 0 amide bonds. The molecular weight excluding hydrogens is 264 g/mol. The summed E-state index contributed by atoms with van der Waals surface area (Å²) in [6, 6.07) is 0. The van der Waals surface area contributed by atoms with Gasteiger partial charge in [-0.05, 0) is 15.9 Å². The Morgan fingerprint density at radius 2 is 2.40 bits per heavy atom. The van der Waals surface area contributed by atoms with Crippen molar-refractivity contribution in [3.8, 4) is 0 Å². The first-order valence-corrected chi connectivity index (χ1v) is 4.84. The summed E-state index contributed by atoms with van der Waals surface area (Å²) in [7, 11) is 1.29. The number of anilines is 1. The number of nitrogens with zero attached hydrogens (tertiary/aromatic N) is 1. The average molecular weight is 271 g/mol.